The van der Waals surface area contributed by atoms with Crippen LogP contribution in [0.25, 0.3) is 10.8 Å². The minimum atomic E-state index is 0.148. The summed E-state index contributed by atoms with van der Waals surface area (Å²) in [5.74, 6) is 1.88. The molecule has 144 valence electrons. The number of ether oxygens (including phenoxy) is 1. The maximum atomic E-state index is 13.5. The SMILES string of the molecule is CCCC1CCN(C2CCC2)C[C@H]1C(=O)c1ccc2cc(OC)ccc2c1. The molecule has 0 spiro atoms. The molecular weight excluding hydrogens is 334 g/mol. The highest BCUT2D eigenvalue weighted by molar-refractivity contribution is 6.01. The van der Waals surface area contributed by atoms with Gasteiger partial charge in [-0.2, -0.15) is 0 Å². The average Bonchev–Trinajstić information content (AvgIpc) is 2.66. The molecule has 27 heavy (non-hydrogen) atoms. The molecule has 2 aliphatic rings. The van der Waals surface area contributed by atoms with Crippen LogP contribution in [0.15, 0.2) is 36.4 Å². The van der Waals surface area contributed by atoms with Gasteiger partial charge in [0, 0.05) is 24.1 Å². The van der Waals surface area contributed by atoms with Crippen LogP contribution in [0.5, 0.6) is 5.75 Å². The molecule has 4 rings (SSSR count). The zero-order valence-electron chi connectivity index (χ0n) is 16.6. The number of benzene rings is 2. The number of carbonyl (C=O) groups is 1. The fourth-order valence-electron chi connectivity index (χ4n) is 4.84. The summed E-state index contributed by atoms with van der Waals surface area (Å²) in [6.45, 7) is 4.37. The van der Waals surface area contributed by atoms with Gasteiger partial charge in [0.25, 0.3) is 0 Å². The summed E-state index contributed by atoms with van der Waals surface area (Å²) in [6, 6.07) is 12.9. The number of nitrogens with zero attached hydrogens (tertiary/aromatic N) is 1. The van der Waals surface area contributed by atoms with Crippen LogP contribution in [0.4, 0.5) is 0 Å². The smallest absolute Gasteiger partial charge is 0.167 e. The van der Waals surface area contributed by atoms with Gasteiger partial charge >= 0.3 is 0 Å². The molecular formula is C24H31NO2. The summed E-state index contributed by atoms with van der Waals surface area (Å²) in [5.41, 5.74) is 0.870. The number of Topliss-reactive ketones (excluding diaryl/α,β-unsaturated/α-hetero) is 1. The lowest BCUT2D eigenvalue weighted by Gasteiger charge is -2.45. The molecule has 0 radical (unpaired) electrons. The van der Waals surface area contributed by atoms with E-state index < -0.39 is 0 Å². The first-order valence-corrected chi connectivity index (χ1v) is 10.6. The number of likely N-dealkylation sites (tertiary alicyclic amines) is 1. The third-order valence-electron chi connectivity index (χ3n) is 6.71. The number of hydrogen-bond donors (Lipinski definition) is 0. The van der Waals surface area contributed by atoms with Crippen molar-refractivity contribution < 1.29 is 9.53 Å². The molecule has 2 atom stereocenters. The van der Waals surface area contributed by atoms with E-state index in [2.05, 4.69) is 30.0 Å². The quantitative estimate of drug-likeness (QED) is 0.649. The molecule has 3 nitrogen and oxygen atoms in total. The van der Waals surface area contributed by atoms with Gasteiger partial charge in [-0.1, -0.05) is 38.0 Å². The van der Waals surface area contributed by atoms with Crippen LogP contribution in [-0.4, -0.2) is 36.9 Å². The van der Waals surface area contributed by atoms with E-state index in [9.17, 15) is 4.79 Å². The second-order valence-corrected chi connectivity index (χ2v) is 8.32. The Kier molecular flexibility index (Phi) is 5.49. The Morgan fingerprint density at radius 1 is 1.11 bits per heavy atom. The van der Waals surface area contributed by atoms with E-state index in [0.717, 1.165) is 41.1 Å². The largest absolute Gasteiger partial charge is 0.497 e. The van der Waals surface area contributed by atoms with E-state index in [4.69, 9.17) is 4.74 Å². The topological polar surface area (TPSA) is 29.5 Å². The van der Waals surface area contributed by atoms with E-state index in [0.29, 0.717) is 11.7 Å². The standard InChI is InChI=1S/C24H31NO2/c1-3-5-17-12-13-25(21-6-4-7-21)16-23(17)24(26)20-9-8-19-15-22(27-2)11-10-18(19)14-20/h8-11,14-15,17,21,23H,3-7,12-13,16H2,1-2H3/t17?,23-/m1/s1. The molecule has 1 aliphatic heterocycles. The predicted octanol–water partition coefficient (Wildman–Crippen LogP) is 5.32. The Morgan fingerprint density at radius 2 is 1.89 bits per heavy atom. The zero-order valence-corrected chi connectivity index (χ0v) is 16.6. The molecule has 2 aromatic rings. The molecule has 0 amide bonds. The number of methoxy groups -OCH3 is 1. The Balaban J connectivity index is 1.58. The monoisotopic (exact) mass is 365 g/mol. The van der Waals surface area contributed by atoms with Crippen molar-refractivity contribution >= 4 is 16.6 Å². The van der Waals surface area contributed by atoms with Gasteiger partial charge in [-0.15, -0.1) is 0 Å². The molecule has 1 unspecified atom stereocenters. The van der Waals surface area contributed by atoms with Gasteiger partial charge in [-0.25, -0.2) is 0 Å². The van der Waals surface area contributed by atoms with Crippen molar-refractivity contribution in [2.45, 2.75) is 51.5 Å². The molecule has 0 bridgehead atoms. The molecule has 1 heterocycles. The Bertz CT molecular complexity index is 811. The van der Waals surface area contributed by atoms with Crippen molar-refractivity contribution in [2.24, 2.45) is 11.8 Å². The summed E-state index contributed by atoms with van der Waals surface area (Å²) in [7, 11) is 1.68. The van der Waals surface area contributed by atoms with E-state index in [1.165, 1.54) is 38.6 Å². The number of fused-ring (bicyclic) bond motifs is 1. The number of piperidine rings is 1. The summed E-state index contributed by atoms with van der Waals surface area (Å²) in [5, 5.41) is 2.23. The second kappa shape index (κ2) is 8.02. The molecule has 0 aromatic heterocycles. The first kappa shape index (κ1) is 18.5. The molecule has 0 N–H and O–H groups in total. The molecule has 1 saturated heterocycles. The van der Waals surface area contributed by atoms with Crippen LogP contribution >= 0.6 is 0 Å². The van der Waals surface area contributed by atoms with Gasteiger partial charge in [-0.05, 0) is 67.1 Å². The van der Waals surface area contributed by atoms with Gasteiger partial charge in [0.15, 0.2) is 5.78 Å². The Labute approximate surface area is 162 Å². The fourth-order valence-corrected chi connectivity index (χ4v) is 4.84. The van der Waals surface area contributed by atoms with Crippen LogP contribution in [0.2, 0.25) is 0 Å². The summed E-state index contributed by atoms with van der Waals surface area (Å²) < 4.78 is 5.31. The van der Waals surface area contributed by atoms with E-state index in [-0.39, 0.29) is 5.92 Å². The van der Waals surface area contributed by atoms with Crippen molar-refractivity contribution in [2.75, 3.05) is 20.2 Å². The van der Waals surface area contributed by atoms with Gasteiger partial charge in [0.2, 0.25) is 0 Å². The van der Waals surface area contributed by atoms with Gasteiger partial charge in [0.05, 0.1) is 7.11 Å². The Morgan fingerprint density at radius 3 is 2.59 bits per heavy atom. The maximum absolute atomic E-state index is 13.5. The summed E-state index contributed by atoms with van der Waals surface area (Å²) in [4.78, 5) is 16.1. The highest BCUT2D eigenvalue weighted by atomic mass is 16.5. The van der Waals surface area contributed by atoms with Gasteiger partial charge < -0.3 is 4.74 Å². The van der Waals surface area contributed by atoms with Gasteiger partial charge in [0.1, 0.15) is 5.75 Å². The van der Waals surface area contributed by atoms with Crippen LogP contribution < -0.4 is 4.74 Å². The molecule has 2 aromatic carbocycles. The summed E-state index contributed by atoms with van der Waals surface area (Å²) >= 11 is 0. The predicted molar refractivity (Wildman–Crippen MR) is 111 cm³/mol. The lowest BCUT2D eigenvalue weighted by atomic mass is 9.76. The normalized spacial score (nSPS) is 23.9. The number of ketones is 1. The first-order chi connectivity index (χ1) is 13.2. The zero-order chi connectivity index (χ0) is 18.8. The number of hydrogen-bond acceptors (Lipinski definition) is 3. The van der Waals surface area contributed by atoms with Crippen molar-refractivity contribution in [1.82, 2.24) is 4.90 Å². The molecule has 3 heteroatoms. The van der Waals surface area contributed by atoms with E-state index in [1.54, 1.807) is 7.11 Å². The second-order valence-electron chi connectivity index (χ2n) is 8.32. The van der Waals surface area contributed by atoms with Crippen LogP contribution in [0, 0.1) is 11.8 Å². The minimum absolute atomic E-state index is 0.148. The highest BCUT2D eigenvalue weighted by Gasteiger charge is 2.37. The molecule has 1 saturated carbocycles. The molecule has 2 fully saturated rings. The fraction of sp³-hybridized carbons (Fsp3) is 0.542. The lowest BCUT2D eigenvalue weighted by Crippen LogP contribution is -2.50. The van der Waals surface area contributed by atoms with E-state index >= 15 is 0 Å². The highest BCUT2D eigenvalue weighted by Crippen LogP contribution is 2.35. The van der Waals surface area contributed by atoms with E-state index in [1.807, 2.05) is 18.2 Å². The van der Waals surface area contributed by atoms with Crippen molar-refractivity contribution in [3.63, 3.8) is 0 Å². The minimum Gasteiger partial charge on any atom is -0.497 e. The van der Waals surface area contributed by atoms with Crippen molar-refractivity contribution in [1.29, 1.82) is 0 Å². The van der Waals surface area contributed by atoms with Crippen LogP contribution in [-0.2, 0) is 0 Å². The third-order valence-corrected chi connectivity index (χ3v) is 6.71. The van der Waals surface area contributed by atoms with Crippen molar-refractivity contribution in [3.8, 4) is 5.75 Å². The van der Waals surface area contributed by atoms with Crippen LogP contribution in [0.1, 0.15) is 55.8 Å². The third kappa shape index (κ3) is 3.75. The maximum Gasteiger partial charge on any atom is 0.167 e. The van der Waals surface area contributed by atoms with Crippen molar-refractivity contribution in [3.05, 3.63) is 42.0 Å². The molecule has 1 aliphatic carbocycles. The number of rotatable bonds is 6. The summed E-state index contributed by atoms with van der Waals surface area (Å²) in [6.07, 6.45) is 7.49. The Hall–Kier alpha value is -1.87. The lowest BCUT2D eigenvalue weighted by molar-refractivity contribution is 0.0390. The number of carbonyl (C=O) groups excluding carboxylic acids is 1. The van der Waals surface area contributed by atoms with Crippen LogP contribution in [0.3, 0.4) is 0 Å². The van der Waals surface area contributed by atoms with Gasteiger partial charge in [-0.3, -0.25) is 9.69 Å². The average molecular weight is 366 g/mol. The first-order valence-electron chi connectivity index (χ1n) is 10.6.